The third-order valence-corrected chi connectivity index (χ3v) is 5.20. The van der Waals surface area contributed by atoms with Crippen LogP contribution in [0.15, 0.2) is 9.59 Å². The highest BCUT2D eigenvalue weighted by Gasteiger charge is 2.53. The highest BCUT2D eigenvalue weighted by molar-refractivity contribution is 5.87. The standard InChI is InChI=1S/C21H24FN5O8/c1-6-8-26-14-17(24-20(23-9(3)28)25-18(14)31)27(21(26)32)19-16(34-11(5)30)13(22)15(35-19)12(7-2)33-10(4)29/h1,12-13,15-16,19H,7-8H2,2-5H3,(H2,23,24,25,28,31)/t12-,13-,15+,16+,19+/m0/s1. The lowest BCUT2D eigenvalue weighted by Crippen LogP contribution is -2.39. The lowest BCUT2D eigenvalue weighted by molar-refractivity contribution is -0.159. The molecule has 2 N–H and O–H groups in total. The van der Waals surface area contributed by atoms with Crippen molar-refractivity contribution in [3.63, 3.8) is 0 Å². The number of esters is 2. The smallest absolute Gasteiger partial charge is 0.333 e. The molecule has 1 saturated heterocycles. The number of carbonyl (C=O) groups is 3. The molecule has 0 bridgehead atoms. The number of nitrogens with one attached hydrogen (secondary N) is 2. The highest BCUT2D eigenvalue weighted by Crippen LogP contribution is 2.37. The van der Waals surface area contributed by atoms with Crippen LogP contribution in [-0.4, -0.2) is 61.4 Å². The first kappa shape index (κ1) is 25.6. The number of aromatic amines is 1. The predicted octanol–water partition coefficient (Wildman–Crippen LogP) is -0.0132. The maximum absolute atomic E-state index is 15.6. The van der Waals surface area contributed by atoms with E-state index < -0.39 is 59.8 Å². The van der Waals surface area contributed by atoms with Gasteiger partial charge in [-0.05, 0) is 6.42 Å². The van der Waals surface area contributed by atoms with Crippen LogP contribution in [-0.2, 0) is 35.1 Å². The van der Waals surface area contributed by atoms with E-state index in [1.54, 1.807) is 6.92 Å². The Hall–Kier alpha value is -3.99. The normalized spacial score (nSPS) is 22.4. The molecule has 188 valence electrons. The number of nitrogens with zero attached hydrogens (tertiary/aromatic N) is 3. The van der Waals surface area contributed by atoms with Crippen LogP contribution in [0.2, 0.25) is 0 Å². The molecule has 2 aromatic rings. The molecule has 1 aliphatic rings. The molecular formula is C21H24FN5O8. The van der Waals surface area contributed by atoms with Crippen molar-refractivity contribution in [2.24, 2.45) is 0 Å². The van der Waals surface area contributed by atoms with Gasteiger partial charge in [-0.2, -0.15) is 4.98 Å². The van der Waals surface area contributed by atoms with Crippen molar-refractivity contribution in [3.05, 3.63) is 20.8 Å². The maximum atomic E-state index is 15.6. The van der Waals surface area contributed by atoms with Crippen LogP contribution in [0.5, 0.6) is 0 Å². The number of imidazole rings is 1. The van der Waals surface area contributed by atoms with Gasteiger partial charge in [0.2, 0.25) is 11.9 Å². The molecule has 0 spiro atoms. The summed E-state index contributed by atoms with van der Waals surface area (Å²) in [5.74, 6) is -0.149. The number of amides is 1. The zero-order valence-electron chi connectivity index (χ0n) is 19.4. The number of H-pyrrole nitrogens is 1. The summed E-state index contributed by atoms with van der Waals surface area (Å²) in [4.78, 5) is 67.3. The Morgan fingerprint density at radius 1 is 1.29 bits per heavy atom. The monoisotopic (exact) mass is 493 g/mol. The molecule has 1 amide bonds. The van der Waals surface area contributed by atoms with Gasteiger partial charge in [0.15, 0.2) is 29.7 Å². The number of anilines is 1. The number of hydrogen-bond donors (Lipinski definition) is 2. The second-order valence-corrected chi connectivity index (χ2v) is 7.78. The number of halogens is 1. The van der Waals surface area contributed by atoms with E-state index in [4.69, 9.17) is 20.6 Å². The van der Waals surface area contributed by atoms with Gasteiger partial charge in [0.25, 0.3) is 5.56 Å². The van der Waals surface area contributed by atoms with Crippen molar-refractivity contribution in [1.29, 1.82) is 0 Å². The minimum absolute atomic E-state index is 0.155. The van der Waals surface area contributed by atoms with Gasteiger partial charge in [-0.25, -0.2) is 13.8 Å². The number of hydrogen-bond acceptors (Lipinski definition) is 9. The number of alkyl halides is 1. The summed E-state index contributed by atoms with van der Waals surface area (Å²) < 4.78 is 33.4. The summed E-state index contributed by atoms with van der Waals surface area (Å²) in [7, 11) is 0. The van der Waals surface area contributed by atoms with E-state index in [-0.39, 0.29) is 30.1 Å². The molecule has 0 radical (unpaired) electrons. The second kappa shape index (κ2) is 10.1. The molecule has 0 aromatic carbocycles. The van der Waals surface area contributed by atoms with Gasteiger partial charge < -0.3 is 14.2 Å². The molecule has 1 aliphatic heterocycles. The molecule has 5 atom stereocenters. The molecule has 1 fully saturated rings. The van der Waals surface area contributed by atoms with E-state index in [1.165, 1.54) is 6.92 Å². The zero-order chi connectivity index (χ0) is 26.0. The lowest BCUT2D eigenvalue weighted by Gasteiger charge is -2.23. The van der Waals surface area contributed by atoms with Crippen LogP contribution >= 0.6 is 0 Å². The Morgan fingerprint density at radius 3 is 2.51 bits per heavy atom. The van der Waals surface area contributed by atoms with Crippen molar-refractivity contribution in [2.45, 2.75) is 71.4 Å². The molecular weight excluding hydrogens is 469 g/mol. The van der Waals surface area contributed by atoms with E-state index in [2.05, 4.69) is 21.2 Å². The summed E-state index contributed by atoms with van der Waals surface area (Å²) in [5.41, 5.74) is -2.27. The van der Waals surface area contributed by atoms with Crippen LogP contribution in [0.3, 0.4) is 0 Å². The number of rotatable bonds is 7. The van der Waals surface area contributed by atoms with Crippen molar-refractivity contribution in [1.82, 2.24) is 19.1 Å². The molecule has 3 heterocycles. The zero-order valence-corrected chi connectivity index (χ0v) is 19.4. The van der Waals surface area contributed by atoms with Gasteiger partial charge in [-0.15, -0.1) is 6.42 Å². The van der Waals surface area contributed by atoms with E-state index >= 15 is 4.39 Å². The molecule has 35 heavy (non-hydrogen) atoms. The number of carbonyl (C=O) groups excluding carboxylic acids is 3. The summed E-state index contributed by atoms with van der Waals surface area (Å²) in [6.07, 6.45) is -2.23. The Labute approximate surface area is 197 Å². The fourth-order valence-corrected chi connectivity index (χ4v) is 3.94. The van der Waals surface area contributed by atoms with Crippen LogP contribution < -0.4 is 16.6 Å². The van der Waals surface area contributed by atoms with Gasteiger partial charge in [0, 0.05) is 20.8 Å². The number of fused-ring (bicyclic) bond motifs is 1. The quantitative estimate of drug-likeness (QED) is 0.399. The minimum Gasteiger partial charge on any atom is -0.460 e. The fourth-order valence-electron chi connectivity index (χ4n) is 3.94. The SMILES string of the molecule is C#CCn1c(=O)n([C@@H]2O[C@H]([C@H](CC)OC(C)=O)[C@H](F)[C@H]2OC(C)=O)c2nc(NC(C)=O)[nH]c(=O)c21. The van der Waals surface area contributed by atoms with Crippen molar-refractivity contribution in [2.75, 3.05) is 5.32 Å². The van der Waals surface area contributed by atoms with E-state index in [0.29, 0.717) is 0 Å². The first-order valence-electron chi connectivity index (χ1n) is 10.6. The van der Waals surface area contributed by atoms with Crippen LogP contribution in [0.4, 0.5) is 10.3 Å². The van der Waals surface area contributed by atoms with Gasteiger partial charge in [-0.1, -0.05) is 12.8 Å². The summed E-state index contributed by atoms with van der Waals surface area (Å²) in [6.45, 7) is 4.65. The Morgan fingerprint density at radius 2 is 1.97 bits per heavy atom. The van der Waals surface area contributed by atoms with E-state index in [9.17, 15) is 24.0 Å². The maximum Gasteiger partial charge on any atom is 0.333 e. The Bertz CT molecular complexity index is 1320. The first-order valence-corrected chi connectivity index (χ1v) is 10.6. The van der Waals surface area contributed by atoms with Gasteiger partial charge in [0.1, 0.15) is 12.2 Å². The third-order valence-electron chi connectivity index (χ3n) is 5.20. The van der Waals surface area contributed by atoms with Gasteiger partial charge in [-0.3, -0.25) is 34.0 Å². The topological polar surface area (TPSA) is 164 Å². The molecule has 14 heteroatoms. The van der Waals surface area contributed by atoms with Crippen LogP contribution in [0, 0.1) is 12.3 Å². The van der Waals surface area contributed by atoms with E-state index in [1.807, 2.05) is 0 Å². The number of terminal acetylenes is 1. The van der Waals surface area contributed by atoms with Crippen molar-refractivity contribution in [3.8, 4) is 12.3 Å². The van der Waals surface area contributed by atoms with Crippen molar-refractivity contribution >= 4 is 35.0 Å². The van der Waals surface area contributed by atoms with Crippen LogP contribution in [0.1, 0.15) is 40.3 Å². The average molecular weight is 493 g/mol. The third kappa shape index (κ3) is 4.94. The largest absolute Gasteiger partial charge is 0.460 e. The van der Waals surface area contributed by atoms with Crippen LogP contribution in [0.25, 0.3) is 11.2 Å². The fraction of sp³-hybridized carbons (Fsp3) is 0.524. The Kier molecular flexibility index (Phi) is 7.39. The molecule has 0 saturated carbocycles. The summed E-state index contributed by atoms with van der Waals surface area (Å²) in [6, 6.07) is 0. The lowest BCUT2D eigenvalue weighted by atomic mass is 10.0. The second-order valence-electron chi connectivity index (χ2n) is 7.78. The number of ether oxygens (including phenoxy) is 3. The Balaban J connectivity index is 2.25. The first-order chi connectivity index (χ1) is 16.5. The molecule has 0 aliphatic carbocycles. The highest BCUT2D eigenvalue weighted by atomic mass is 19.1. The van der Waals surface area contributed by atoms with E-state index in [0.717, 1.165) is 23.0 Å². The molecule has 3 rings (SSSR count). The van der Waals surface area contributed by atoms with Gasteiger partial charge in [0.05, 0.1) is 6.54 Å². The molecule has 0 unspecified atom stereocenters. The average Bonchev–Trinajstić information content (AvgIpc) is 3.20. The van der Waals surface area contributed by atoms with Crippen molar-refractivity contribution < 1.29 is 33.0 Å². The molecule has 13 nitrogen and oxygen atoms in total. The summed E-state index contributed by atoms with van der Waals surface area (Å²) in [5, 5.41) is 2.30. The molecule has 2 aromatic heterocycles. The van der Waals surface area contributed by atoms with Gasteiger partial charge >= 0.3 is 17.6 Å². The number of aromatic nitrogens is 4. The summed E-state index contributed by atoms with van der Waals surface area (Å²) >= 11 is 0. The predicted molar refractivity (Wildman–Crippen MR) is 118 cm³/mol. The minimum atomic E-state index is -2.01.